The van der Waals surface area contributed by atoms with E-state index in [-0.39, 0.29) is 11.7 Å². The number of benzene rings is 1. The molecular weight excluding hydrogens is 394 g/mol. The van der Waals surface area contributed by atoms with Crippen LogP contribution in [0.3, 0.4) is 0 Å². The van der Waals surface area contributed by atoms with E-state index in [1.54, 1.807) is 33.8 Å². The molecule has 1 N–H and O–H groups in total. The molecule has 0 saturated carbocycles. The van der Waals surface area contributed by atoms with Crippen LogP contribution >= 0.6 is 0 Å². The number of aryl methyl sites for hydroxylation is 3. The number of nitrogens with one attached hydrogen (secondary N) is 1. The zero-order valence-corrected chi connectivity index (χ0v) is 17.2. The molecule has 0 aliphatic rings. The number of amides is 1. The van der Waals surface area contributed by atoms with Crippen molar-refractivity contribution in [3.8, 4) is 11.5 Å². The Bertz CT molecular complexity index is 1410. The van der Waals surface area contributed by atoms with E-state index < -0.39 is 0 Å². The Morgan fingerprint density at radius 3 is 2.68 bits per heavy atom. The Morgan fingerprint density at radius 2 is 1.90 bits per heavy atom. The summed E-state index contributed by atoms with van der Waals surface area (Å²) >= 11 is 0. The Morgan fingerprint density at radius 1 is 1.03 bits per heavy atom. The van der Waals surface area contributed by atoms with Gasteiger partial charge in [0.05, 0.1) is 29.2 Å². The molecule has 0 atom stereocenters. The third-order valence-corrected chi connectivity index (χ3v) is 5.10. The maximum atomic E-state index is 12.5. The second kappa shape index (κ2) is 7.21. The van der Waals surface area contributed by atoms with Gasteiger partial charge < -0.3 is 9.73 Å². The summed E-state index contributed by atoms with van der Waals surface area (Å²) in [6.07, 6.45) is 4.62. The maximum Gasteiger partial charge on any atom is 0.292 e. The molecule has 0 aliphatic heterocycles. The predicted octanol–water partition coefficient (Wildman–Crippen LogP) is 3.77. The highest BCUT2D eigenvalue weighted by atomic mass is 16.3. The topological polar surface area (TPSA) is 104 Å². The van der Waals surface area contributed by atoms with E-state index in [0.29, 0.717) is 22.7 Å². The fourth-order valence-corrected chi connectivity index (χ4v) is 3.38. The third kappa shape index (κ3) is 3.25. The van der Waals surface area contributed by atoms with Gasteiger partial charge in [-0.25, -0.2) is 14.6 Å². The van der Waals surface area contributed by atoms with Crippen molar-refractivity contribution in [1.29, 1.82) is 0 Å². The largest absolute Gasteiger partial charge is 0.459 e. The number of furan rings is 1. The first-order valence-corrected chi connectivity index (χ1v) is 9.69. The van der Waals surface area contributed by atoms with Crippen LogP contribution in [0.25, 0.3) is 22.5 Å². The van der Waals surface area contributed by atoms with Crippen molar-refractivity contribution in [2.24, 2.45) is 0 Å². The molecule has 1 aromatic carbocycles. The molecule has 4 heterocycles. The van der Waals surface area contributed by atoms with Gasteiger partial charge in [-0.2, -0.15) is 14.9 Å². The van der Waals surface area contributed by atoms with Crippen molar-refractivity contribution in [1.82, 2.24) is 29.5 Å². The van der Waals surface area contributed by atoms with Crippen molar-refractivity contribution in [2.45, 2.75) is 20.8 Å². The molecule has 0 fully saturated rings. The maximum absolute atomic E-state index is 12.5. The minimum absolute atomic E-state index is 0.209. The van der Waals surface area contributed by atoms with Gasteiger partial charge in [-0.05, 0) is 56.2 Å². The molecule has 0 unspecified atom stereocenters. The SMILES string of the molecule is Cc1cc(NC(=O)c2ccco2)n(-c2ncnc3c2cnn3-c2ccc(C)c(C)c2)n1. The first kappa shape index (κ1) is 18.7. The molecule has 31 heavy (non-hydrogen) atoms. The van der Waals surface area contributed by atoms with Crippen molar-refractivity contribution >= 4 is 22.8 Å². The molecule has 5 rings (SSSR count). The Hall–Kier alpha value is -4.27. The summed E-state index contributed by atoms with van der Waals surface area (Å²) in [5.41, 5.74) is 4.65. The summed E-state index contributed by atoms with van der Waals surface area (Å²) in [5.74, 6) is 0.823. The van der Waals surface area contributed by atoms with Crippen LogP contribution in [0.1, 0.15) is 27.4 Å². The number of aromatic nitrogens is 6. The van der Waals surface area contributed by atoms with Gasteiger partial charge in [0.25, 0.3) is 5.91 Å². The smallest absolute Gasteiger partial charge is 0.292 e. The molecular formula is C22H19N7O2. The summed E-state index contributed by atoms with van der Waals surface area (Å²) in [6, 6.07) is 11.1. The number of anilines is 1. The Balaban J connectivity index is 1.60. The summed E-state index contributed by atoms with van der Waals surface area (Å²) in [7, 11) is 0. The van der Waals surface area contributed by atoms with E-state index in [9.17, 15) is 4.79 Å². The second-order valence-corrected chi connectivity index (χ2v) is 7.27. The van der Waals surface area contributed by atoms with E-state index in [1.165, 1.54) is 23.7 Å². The van der Waals surface area contributed by atoms with E-state index in [1.807, 2.05) is 13.0 Å². The van der Waals surface area contributed by atoms with Gasteiger partial charge in [0.2, 0.25) is 0 Å². The molecule has 9 heteroatoms. The number of carbonyl (C=O) groups is 1. The Kier molecular flexibility index (Phi) is 4.36. The zero-order chi connectivity index (χ0) is 21.5. The average Bonchev–Trinajstić information content (AvgIpc) is 3.49. The minimum atomic E-state index is -0.373. The second-order valence-electron chi connectivity index (χ2n) is 7.27. The number of fused-ring (bicyclic) bond motifs is 1. The molecule has 0 radical (unpaired) electrons. The van der Waals surface area contributed by atoms with Crippen LogP contribution in [0.15, 0.2) is 59.6 Å². The normalized spacial score (nSPS) is 11.2. The molecule has 5 aromatic rings. The predicted molar refractivity (Wildman–Crippen MR) is 115 cm³/mol. The van der Waals surface area contributed by atoms with Crippen molar-refractivity contribution in [3.63, 3.8) is 0 Å². The lowest BCUT2D eigenvalue weighted by atomic mass is 10.1. The highest BCUT2D eigenvalue weighted by Gasteiger charge is 2.19. The lowest BCUT2D eigenvalue weighted by Gasteiger charge is -2.09. The first-order chi connectivity index (χ1) is 15.0. The van der Waals surface area contributed by atoms with Crippen molar-refractivity contribution in [3.05, 3.63) is 77.8 Å². The van der Waals surface area contributed by atoms with Gasteiger partial charge in [-0.15, -0.1) is 0 Å². The molecule has 4 aromatic heterocycles. The van der Waals surface area contributed by atoms with Gasteiger partial charge in [-0.3, -0.25) is 4.79 Å². The lowest BCUT2D eigenvalue weighted by Crippen LogP contribution is -2.15. The highest BCUT2D eigenvalue weighted by molar-refractivity contribution is 6.02. The van der Waals surface area contributed by atoms with Crippen LogP contribution < -0.4 is 5.32 Å². The van der Waals surface area contributed by atoms with Crippen LogP contribution in [-0.2, 0) is 0 Å². The minimum Gasteiger partial charge on any atom is -0.459 e. The summed E-state index contributed by atoms with van der Waals surface area (Å²) in [6.45, 7) is 5.97. The molecule has 154 valence electrons. The Labute approximate surface area is 177 Å². The monoisotopic (exact) mass is 413 g/mol. The van der Waals surface area contributed by atoms with Gasteiger partial charge in [0, 0.05) is 6.07 Å². The third-order valence-electron chi connectivity index (χ3n) is 5.10. The fraction of sp³-hybridized carbons (Fsp3) is 0.136. The first-order valence-electron chi connectivity index (χ1n) is 9.69. The van der Waals surface area contributed by atoms with E-state index >= 15 is 0 Å². The number of rotatable bonds is 4. The van der Waals surface area contributed by atoms with Crippen LogP contribution in [0.4, 0.5) is 5.82 Å². The molecule has 0 aliphatic carbocycles. The fourth-order valence-electron chi connectivity index (χ4n) is 3.38. The van der Waals surface area contributed by atoms with Gasteiger partial charge >= 0.3 is 0 Å². The van der Waals surface area contributed by atoms with E-state index in [4.69, 9.17) is 4.42 Å². The molecule has 0 spiro atoms. The summed E-state index contributed by atoms with van der Waals surface area (Å²) in [4.78, 5) is 21.3. The molecule has 1 amide bonds. The quantitative estimate of drug-likeness (QED) is 0.481. The number of hydrogen-bond donors (Lipinski definition) is 1. The van der Waals surface area contributed by atoms with Gasteiger partial charge in [0.15, 0.2) is 17.2 Å². The number of carbonyl (C=O) groups excluding carboxylic acids is 1. The molecule has 0 bridgehead atoms. The van der Waals surface area contributed by atoms with Crippen molar-refractivity contribution in [2.75, 3.05) is 5.32 Å². The molecule has 0 saturated heterocycles. The van der Waals surface area contributed by atoms with Crippen LogP contribution in [-0.4, -0.2) is 35.4 Å². The van der Waals surface area contributed by atoms with Crippen LogP contribution in [0, 0.1) is 20.8 Å². The standard InChI is InChI=1S/C22H19N7O2/c1-13-6-7-16(9-14(13)2)28-20-17(11-25-28)21(24-12-23-20)29-19(10-15(3)27-29)26-22(30)18-5-4-8-31-18/h4-12H,1-3H3,(H,26,30). The van der Waals surface area contributed by atoms with Crippen LogP contribution in [0.2, 0.25) is 0 Å². The number of hydrogen-bond acceptors (Lipinski definition) is 6. The van der Waals surface area contributed by atoms with E-state index in [2.05, 4.69) is 51.5 Å². The molecule has 9 nitrogen and oxygen atoms in total. The van der Waals surface area contributed by atoms with Gasteiger partial charge in [0.1, 0.15) is 12.1 Å². The highest BCUT2D eigenvalue weighted by Crippen LogP contribution is 2.25. The zero-order valence-electron chi connectivity index (χ0n) is 17.2. The average molecular weight is 413 g/mol. The lowest BCUT2D eigenvalue weighted by molar-refractivity contribution is 0.0996. The van der Waals surface area contributed by atoms with Crippen molar-refractivity contribution < 1.29 is 9.21 Å². The van der Waals surface area contributed by atoms with Crippen LogP contribution in [0.5, 0.6) is 0 Å². The number of nitrogens with zero attached hydrogens (tertiary/aromatic N) is 6. The van der Waals surface area contributed by atoms with E-state index in [0.717, 1.165) is 11.4 Å². The summed E-state index contributed by atoms with van der Waals surface area (Å²) in [5, 5.41) is 12.6. The van der Waals surface area contributed by atoms with Gasteiger partial charge in [-0.1, -0.05) is 6.07 Å². The summed E-state index contributed by atoms with van der Waals surface area (Å²) < 4.78 is 8.52.